The lowest BCUT2D eigenvalue weighted by molar-refractivity contribution is -0.384. The van der Waals surface area contributed by atoms with Crippen LogP contribution in [0.15, 0.2) is 54.6 Å². The molecule has 0 aliphatic heterocycles. The number of fused-ring (bicyclic) bond motifs is 1. The first-order valence-electron chi connectivity index (χ1n) is 6.96. The summed E-state index contributed by atoms with van der Waals surface area (Å²) in [6.45, 7) is 2.40. The third kappa shape index (κ3) is 2.61. The Morgan fingerprint density at radius 3 is 2.55 bits per heavy atom. The molecule has 5 heteroatoms. The molecule has 0 aliphatic rings. The van der Waals surface area contributed by atoms with Crippen molar-refractivity contribution in [3.63, 3.8) is 0 Å². The van der Waals surface area contributed by atoms with Crippen LogP contribution in [0.25, 0.3) is 22.0 Å². The molecule has 0 atom stereocenters. The van der Waals surface area contributed by atoms with E-state index in [0.717, 1.165) is 22.0 Å². The second-order valence-electron chi connectivity index (χ2n) is 4.77. The Hall–Kier alpha value is -2.95. The number of hydrogen-bond donors (Lipinski definition) is 0. The summed E-state index contributed by atoms with van der Waals surface area (Å²) in [6.07, 6.45) is 0. The van der Waals surface area contributed by atoms with Gasteiger partial charge >= 0.3 is 0 Å². The van der Waals surface area contributed by atoms with Crippen molar-refractivity contribution in [2.45, 2.75) is 6.92 Å². The fraction of sp³-hybridized carbons (Fsp3) is 0.118. The van der Waals surface area contributed by atoms with Gasteiger partial charge in [-0.1, -0.05) is 18.2 Å². The molecule has 0 radical (unpaired) electrons. The number of rotatable bonds is 4. The average Bonchev–Trinajstić information content (AvgIpc) is 2.54. The van der Waals surface area contributed by atoms with Crippen LogP contribution in [0.5, 0.6) is 5.88 Å². The van der Waals surface area contributed by atoms with E-state index < -0.39 is 4.92 Å². The van der Waals surface area contributed by atoms with Gasteiger partial charge in [0.1, 0.15) is 0 Å². The SMILES string of the molecule is CCOc1nc2ccccc2cc1-c1ccc([N+](=O)[O-])cc1. The average molecular weight is 294 g/mol. The minimum atomic E-state index is -0.411. The summed E-state index contributed by atoms with van der Waals surface area (Å²) >= 11 is 0. The minimum absolute atomic E-state index is 0.0652. The van der Waals surface area contributed by atoms with Crippen LogP contribution in [0.3, 0.4) is 0 Å². The summed E-state index contributed by atoms with van der Waals surface area (Å²) in [7, 11) is 0. The highest BCUT2D eigenvalue weighted by atomic mass is 16.6. The predicted molar refractivity (Wildman–Crippen MR) is 85.0 cm³/mol. The predicted octanol–water partition coefficient (Wildman–Crippen LogP) is 4.21. The molecule has 0 fully saturated rings. The number of ether oxygens (including phenoxy) is 1. The third-order valence-corrected chi connectivity index (χ3v) is 3.36. The van der Waals surface area contributed by atoms with Crippen molar-refractivity contribution in [3.8, 4) is 17.0 Å². The van der Waals surface area contributed by atoms with E-state index in [-0.39, 0.29) is 5.69 Å². The molecule has 0 aliphatic carbocycles. The number of aromatic nitrogens is 1. The topological polar surface area (TPSA) is 65.3 Å². The highest BCUT2D eigenvalue weighted by Crippen LogP contribution is 2.32. The highest BCUT2D eigenvalue weighted by molar-refractivity contribution is 5.86. The van der Waals surface area contributed by atoms with Gasteiger partial charge in [-0.15, -0.1) is 0 Å². The van der Waals surface area contributed by atoms with Crippen molar-refractivity contribution in [1.29, 1.82) is 0 Å². The molecule has 0 saturated carbocycles. The normalized spacial score (nSPS) is 10.6. The fourth-order valence-corrected chi connectivity index (χ4v) is 2.31. The zero-order valence-electron chi connectivity index (χ0n) is 12.0. The summed E-state index contributed by atoms with van der Waals surface area (Å²) < 4.78 is 5.63. The Morgan fingerprint density at radius 2 is 1.86 bits per heavy atom. The second kappa shape index (κ2) is 5.81. The first-order valence-corrected chi connectivity index (χ1v) is 6.96. The molecule has 1 aromatic heterocycles. The van der Waals surface area contributed by atoms with Crippen LogP contribution in [-0.2, 0) is 0 Å². The van der Waals surface area contributed by atoms with E-state index in [1.165, 1.54) is 12.1 Å². The fourth-order valence-electron chi connectivity index (χ4n) is 2.31. The number of nitrogens with zero attached hydrogens (tertiary/aromatic N) is 2. The molecule has 0 amide bonds. The molecule has 3 aromatic rings. The Morgan fingerprint density at radius 1 is 1.14 bits per heavy atom. The quantitative estimate of drug-likeness (QED) is 0.534. The van der Waals surface area contributed by atoms with Gasteiger partial charge in [-0.25, -0.2) is 4.98 Å². The first kappa shape index (κ1) is 14.0. The van der Waals surface area contributed by atoms with E-state index in [9.17, 15) is 10.1 Å². The van der Waals surface area contributed by atoms with E-state index in [2.05, 4.69) is 4.98 Å². The molecule has 110 valence electrons. The Balaban J connectivity index is 2.14. The molecule has 0 spiro atoms. The maximum absolute atomic E-state index is 10.8. The van der Waals surface area contributed by atoms with Gasteiger partial charge in [-0.2, -0.15) is 0 Å². The summed E-state index contributed by atoms with van der Waals surface area (Å²) in [4.78, 5) is 14.9. The highest BCUT2D eigenvalue weighted by Gasteiger charge is 2.12. The lowest BCUT2D eigenvalue weighted by Gasteiger charge is -2.11. The lowest BCUT2D eigenvalue weighted by atomic mass is 10.0. The smallest absolute Gasteiger partial charge is 0.269 e. The van der Waals surface area contributed by atoms with Crippen molar-refractivity contribution in [2.24, 2.45) is 0 Å². The number of nitro benzene ring substituents is 1. The van der Waals surface area contributed by atoms with Gasteiger partial charge in [-0.3, -0.25) is 10.1 Å². The van der Waals surface area contributed by atoms with Gasteiger partial charge in [-0.05, 0) is 36.8 Å². The molecular formula is C17H14N2O3. The van der Waals surface area contributed by atoms with Gasteiger partial charge in [0.25, 0.3) is 5.69 Å². The van der Waals surface area contributed by atoms with Gasteiger partial charge in [0.15, 0.2) is 0 Å². The van der Waals surface area contributed by atoms with E-state index in [4.69, 9.17) is 4.74 Å². The maximum atomic E-state index is 10.8. The Kier molecular flexibility index (Phi) is 3.70. The van der Waals surface area contributed by atoms with Crippen molar-refractivity contribution >= 4 is 16.6 Å². The second-order valence-corrected chi connectivity index (χ2v) is 4.77. The molecular weight excluding hydrogens is 280 g/mol. The number of hydrogen-bond acceptors (Lipinski definition) is 4. The zero-order chi connectivity index (χ0) is 15.5. The third-order valence-electron chi connectivity index (χ3n) is 3.36. The molecule has 0 saturated heterocycles. The Bertz CT molecular complexity index is 829. The van der Waals surface area contributed by atoms with Crippen LogP contribution in [0.1, 0.15) is 6.92 Å². The maximum Gasteiger partial charge on any atom is 0.269 e. The summed E-state index contributed by atoms with van der Waals surface area (Å²) in [5.41, 5.74) is 2.59. The van der Waals surface area contributed by atoms with Crippen LogP contribution < -0.4 is 4.74 Å². The largest absolute Gasteiger partial charge is 0.478 e. The molecule has 22 heavy (non-hydrogen) atoms. The number of pyridine rings is 1. The van der Waals surface area contributed by atoms with Crippen LogP contribution in [0.4, 0.5) is 5.69 Å². The summed E-state index contributed by atoms with van der Waals surface area (Å²) in [5, 5.41) is 11.8. The minimum Gasteiger partial charge on any atom is -0.478 e. The molecule has 3 rings (SSSR count). The number of nitro groups is 1. The standard InChI is InChI=1S/C17H14N2O3/c1-2-22-17-15(11-13-5-3-4-6-16(13)18-17)12-7-9-14(10-8-12)19(20)21/h3-11H,2H2,1H3. The lowest BCUT2D eigenvalue weighted by Crippen LogP contribution is -1.98. The van der Waals surface area contributed by atoms with Crippen molar-refractivity contribution in [2.75, 3.05) is 6.61 Å². The van der Waals surface area contributed by atoms with Crippen molar-refractivity contribution in [3.05, 3.63) is 64.7 Å². The van der Waals surface area contributed by atoms with Gasteiger partial charge in [0.05, 0.1) is 17.0 Å². The van der Waals surface area contributed by atoms with Crippen LogP contribution in [0, 0.1) is 10.1 Å². The monoisotopic (exact) mass is 294 g/mol. The van der Waals surface area contributed by atoms with E-state index in [0.29, 0.717) is 12.5 Å². The summed E-state index contributed by atoms with van der Waals surface area (Å²) in [6, 6.07) is 16.2. The summed E-state index contributed by atoms with van der Waals surface area (Å²) in [5.74, 6) is 0.537. The number of benzene rings is 2. The van der Waals surface area contributed by atoms with E-state index in [1.54, 1.807) is 12.1 Å². The van der Waals surface area contributed by atoms with Crippen LogP contribution in [-0.4, -0.2) is 16.5 Å². The Labute approximate surface area is 127 Å². The van der Waals surface area contributed by atoms with E-state index >= 15 is 0 Å². The van der Waals surface area contributed by atoms with Gasteiger partial charge in [0.2, 0.25) is 5.88 Å². The van der Waals surface area contributed by atoms with Crippen molar-refractivity contribution < 1.29 is 9.66 Å². The number of non-ortho nitro benzene ring substituents is 1. The van der Waals surface area contributed by atoms with Crippen molar-refractivity contribution in [1.82, 2.24) is 4.98 Å². The van der Waals surface area contributed by atoms with Crippen LogP contribution >= 0.6 is 0 Å². The first-order chi connectivity index (χ1) is 10.7. The van der Waals surface area contributed by atoms with E-state index in [1.807, 2.05) is 37.3 Å². The van der Waals surface area contributed by atoms with Gasteiger partial charge in [0, 0.05) is 23.1 Å². The molecule has 0 bridgehead atoms. The molecule has 0 N–H and O–H groups in total. The molecule has 0 unspecified atom stereocenters. The molecule has 5 nitrogen and oxygen atoms in total. The van der Waals surface area contributed by atoms with Crippen LogP contribution in [0.2, 0.25) is 0 Å². The molecule has 2 aromatic carbocycles. The van der Waals surface area contributed by atoms with Gasteiger partial charge < -0.3 is 4.74 Å². The molecule has 1 heterocycles. The number of para-hydroxylation sites is 1. The zero-order valence-corrected chi connectivity index (χ0v) is 12.0.